The average molecular weight is 493 g/mol. The number of amides is 1. The minimum Gasteiger partial charge on any atom is -0.370 e. The predicted octanol–water partition coefficient (Wildman–Crippen LogP) is 5.90. The molecule has 1 amide bonds. The number of rotatable bonds is 11. The summed E-state index contributed by atoms with van der Waals surface area (Å²) in [6.07, 6.45) is 6.62. The zero-order valence-electron chi connectivity index (χ0n) is 22.2. The number of fused-ring (bicyclic) bond motifs is 1. The molecule has 5 nitrogen and oxygen atoms in total. The summed E-state index contributed by atoms with van der Waals surface area (Å²) in [6.45, 7) is 11.2. The van der Waals surface area contributed by atoms with Crippen LogP contribution in [0.1, 0.15) is 58.9 Å². The van der Waals surface area contributed by atoms with Crippen LogP contribution >= 0.6 is 0 Å². The smallest absolute Gasteiger partial charge is 0.237 e. The number of hydrogen-bond donors (Lipinski definition) is 2. The number of nitrogens with one attached hydrogen (secondary N) is 1. The second kappa shape index (κ2) is 12.8. The van der Waals surface area contributed by atoms with Crippen molar-refractivity contribution >= 4 is 22.6 Å². The summed E-state index contributed by atoms with van der Waals surface area (Å²) in [4.78, 5) is 20.2. The maximum atomic E-state index is 15.1. The van der Waals surface area contributed by atoms with Crippen molar-refractivity contribution in [2.75, 3.05) is 19.6 Å². The van der Waals surface area contributed by atoms with Gasteiger partial charge in [0.1, 0.15) is 5.83 Å². The third-order valence-corrected chi connectivity index (χ3v) is 7.36. The average Bonchev–Trinajstić information content (AvgIpc) is 2.86. The van der Waals surface area contributed by atoms with E-state index in [0.29, 0.717) is 24.8 Å². The first kappa shape index (κ1) is 27.6. The fraction of sp³-hybridized carbons (Fsp3) is 0.467. The minimum absolute atomic E-state index is 0.00182. The second-order valence-corrected chi connectivity index (χ2v) is 9.89. The van der Waals surface area contributed by atoms with Gasteiger partial charge in [-0.2, -0.15) is 0 Å². The molecule has 1 aliphatic rings. The van der Waals surface area contributed by atoms with Crippen molar-refractivity contribution in [1.82, 2.24) is 10.2 Å². The van der Waals surface area contributed by atoms with Crippen LogP contribution in [0.2, 0.25) is 0 Å². The molecule has 0 aromatic heterocycles. The van der Waals surface area contributed by atoms with E-state index in [1.165, 1.54) is 6.08 Å². The van der Waals surface area contributed by atoms with E-state index in [1.807, 2.05) is 25.1 Å². The largest absolute Gasteiger partial charge is 0.370 e. The molecule has 1 aliphatic carbocycles. The lowest BCUT2D eigenvalue weighted by Gasteiger charge is -2.32. The summed E-state index contributed by atoms with van der Waals surface area (Å²) < 4.78 is 15.1. The quantitative estimate of drug-likeness (QED) is 0.303. The van der Waals surface area contributed by atoms with E-state index < -0.39 is 5.41 Å². The van der Waals surface area contributed by atoms with Gasteiger partial charge in [0.25, 0.3) is 0 Å². The Bertz CT molecular complexity index is 1130. The van der Waals surface area contributed by atoms with Crippen LogP contribution in [0.3, 0.4) is 0 Å². The molecule has 0 aliphatic heterocycles. The Morgan fingerprint density at radius 3 is 2.64 bits per heavy atom. The number of halogens is 1. The molecule has 6 heteroatoms. The van der Waals surface area contributed by atoms with Crippen LogP contribution in [0, 0.1) is 5.41 Å². The van der Waals surface area contributed by atoms with Crippen LogP contribution in [-0.2, 0) is 11.2 Å². The zero-order valence-corrected chi connectivity index (χ0v) is 22.2. The lowest BCUT2D eigenvalue weighted by Crippen LogP contribution is -2.47. The van der Waals surface area contributed by atoms with Crippen LogP contribution in [0.4, 0.5) is 4.39 Å². The van der Waals surface area contributed by atoms with Crippen LogP contribution in [-0.4, -0.2) is 42.4 Å². The van der Waals surface area contributed by atoms with Gasteiger partial charge in [-0.15, -0.1) is 0 Å². The molecule has 3 N–H and O–H groups in total. The van der Waals surface area contributed by atoms with Crippen molar-refractivity contribution in [1.29, 1.82) is 0 Å². The Morgan fingerprint density at radius 2 is 1.89 bits per heavy atom. The summed E-state index contributed by atoms with van der Waals surface area (Å²) >= 11 is 0. The monoisotopic (exact) mass is 492 g/mol. The first-order valence-corrected chi connectivity index (χ1v) is 13.2. The number of benzene rings is 2. The van der Waals surface area contributed by atoms with E-state index in [9.17, 15) is 4.79 Å². The molecule has 0 heterocycles. The molecule has 2 aromatic carbocycles. The molecule has 0 saturated heterocycles. The molecule has 0 radical (unpaired) electrons. The number of nitrogens with two attached hydrogens (primary N) is 1. The van der Waals surface area contributed by atoms with Gasteiger partial charge in [0.2, 0.25) is 5.91 Å². The Morgan fingerprint density at radius 1 is 1.17 bits per heavy atom. The molecule has 36 heavy (non-hydrogen) atoms. The zero-order chi connectivity index (χ0) is 26.1. The van der Waals surface area contributed by atoms with Gasteiger partial charge in [0.05, 0.1) is 11.5 Å². The van der Waals surface area contributed by atoms with Crippen molar-refractivity contribution in [3.8, 4) is 0 Å². The standard InChI is InChI=1S/C30H41FN4O/c1-5-35(6-2)21-11-12-22(3)33-29(32)34-28(36)30(4)20-10-17-27(31)26(30)19-18-24-15-9-14-23-13-7-8-16-25(23)24/h7-10,13-17,22H,5-6,11-12,18-21H2,1-4H3,(H3,32,33,34,36). The molecular weight excluding hydrogens is 451 g/mol. The summed E-state index contributed by atoms with van der Waals surface area (Å²) in [6, 6.07) is 14.4. The summed E-state index contributed by atoms with van der Waals surface area (Å²) in [7, 11) is 0. The van der Waals surface area contributed by atoms with E-state index in [1.54, 1.807) is 13.0 Å². The van der Waals surface area contributed by atoms with E-state index in [0.717, 1.165) is 48.8 Å². The number of hydrogen-bond acceptors (Lipinski definition) is 3. The van der Waals surface area contributed by atoms with E-state index in [-0.39, 0.29) is 23.7 Å². The molecule has 2 atom stereocenters. The Labute approximate surface area is 215 Å². The molecule has 3 rings (SSSR count). The van der Waals surface area contributed by atoms with Gasteiger partial charge in [-0.25, -0.2) is 4.39 Å². The van der Waals surface area contributed by atoms with Gasteiger partial charge in [-0.05, 0) is 93.6 Å². The van der Waals surface area contributed by atoms with Crippen molar-refractivity contribution in [3.63, 3.8) is 0 Å². The summed E-state index contributed by atoms with van der Waals surface area (Å²) in [5, 5.41) is 5.08. The normalized spacial score (nSPS) is 19.2. The van der Waals surface area contributed by atoms with Gasteiger partial charge >= 0.3 is 0 Å². The van der Waals surface area contributed by atoms with Crippen LogP contribution in [0.5, 0.6) is 0 Å². The maximum Gasteiger partial charge on any atom is 0.237 e. The van der Waals surface area contributed by atoms with E-state index in [4.69, 9.17) is 5.73 Å². The predicted molar refractivity (Wildman–Crippen MR) is 149 cm³/mol. The van der Waals surface area contributed by atoms with Crippen molar-refractivity contribution < 1.29 is 9.18 Å². The van der Waals surface area contributed by atoms with Gasteiger partial charge < -0.3 is 10.6 Å². The highest BCUT2D eigenvalue weighted by Crippen LogP contribution is 2.41. The third kappa shape index (κ3) is 6.82. The van der Waals surface area contributed by atoms with Gasteiger partial charge in [0.15, 0.2) is 5.96 Å². The number of nitrogens with zero attached hydrogens (tertiary/aromatic N) is 2. The van der Waals surface area contributed by atoms with Crippen molar-refractivity contribution in [2.24, 2.45) is 16.1 Å². The van der Waals surface area contributed by atoms with Crippen molar-refractivity contribution in [3.05, 3.63) is 71.6 Å². The molecule has 0 saturated carbocycles. The fourth-order valence-corrected chi connectivity index (χ4v) is 5.02. The van der Waals surface area contributed by atoms with Crippen LogP contribution in [0.25, 0.3) is 10.8 Å². The van der Waals surface area contributed by atoms with Gasteiger partial charge in [-0.3, -0.25) is 15.1 Å². The number of allylic oxidation sites excluding steroid dienone is 3. The molecule has 194 valence electrons. The molecule has 0 fully saturated rings. The summed E-state index contributed by atoms with van der Waals surface area (Å²) in [5.74, 6) is -0.550. The molecule has 0 bridgehead atoms. The topological polar surface area (TPSA) is 70.7 Å². The molecule has 2 aromatic rings. The Hall–Kier alpha value is -2.99. The number of aryl methyl sites for hydroxylation is 1. The minimum atomic E-state index is -1.02. The molecule has 2 unspecified atom stereocenters. The lowest BCUT2D eigenvalue weighted by molar-refractivity contribution is -0.127. The first-order valence-electron chi connectivity index (χ1n) is 13.2. The summed E-state index contributed by atoms with van der Waals surface area (Å²) in [5.41, 5.74) is 6.75. The maximum absolute atomic E-state index is 15.1. The SMILES string of the molecule is CCN(CC)CCCC(C)N=C(N)NC(=O)C1(C)CC=CC(F)=C1CCc1cccc2ccccc12. The third-order valence-electron chi connectivity index (χ3n) is 7.36. The highest BCUT2D eigenvalue weighted by molar-refractivity contribution is 6.00. The van der Waals surface area contributed by atoms with E-state index >= 15 is 4.39 Å². The number of guanidine groups is 1. The first-order chi connectivity index (χ1) is 17.3. The fourth-order valence-electron chi connectivity index (χ4n) is 5.02. The Kier molecular flexibility index (Phi) is 9.82. The van der Waals surface area contributed by atoms with Crippen molar-refractivity contribution in [2.45, 2.75) is 65.8 Å². The van der Waals surface area contributed by atoms with Crippen LogP contribution in [0.15, 0.2) is 71.0 Å². The highest BCUT2D eigenvalue weighted by atomic mass is 19.1. The van der Waals surface area contributed by atoms with Gasteiger partial charge in [-0.1, -0.05) is 62.4 Å². The van der Waals surface area contributed by atoms with Crippen LogP contribution < -0.4 is 11.1 Å². The number of carbonyl (C=O) groups is 1. The second-order valence-electron chi connectivity index (χ2n) is 9.89. The Balaban J connectivity index is 1.67. The molecule has 0 spiro atoms. The highest BCUT2D eigenvalue weighted by Gasteiger charge is 2.39. The number of aliphatic imine (C=N–C) groups is 1. The molecular formula is C30H41FN4O. The number of carbonyl (C=O) groups excluding carboxylic acids is 1. The lowest BCUT2D eigenvalue weighted by atomic mass is 9.73. The van der Waals surface area contributed by atoms with Gasteiger partial charge in [0, 0.05) is 0 Å². The van der Waals surface area contributed by atoms with E-state index in [2.05, 4.69) is 53.3 Å².